The van der Waals surface area contributed by atoms with E-state index in [9.17, 15) is 4.79 Å². The van der Waals surface area contributed by atoms with E-state index in [0.717, 1.165) is 39.0 Å². The summed E-state index contributed by atoms with van der Waals surface area (Å²) in [6.07, 6.45) is 0. The number of aromatic amines is 1. The van der Waals surface area contributed by atoms with Crippen LogP contribution in [0.5, 0.6) is 0 Å². The molecule has 126 valence electrons. The lowest BCUT2D eigenvalue weighted by atomic mass is 10.1. The first-order valence-electron chi connectivity index (χ1n) is 8.28. The highest BCUT2D eigenvalue weighted by Gasteiger charge is 2.21. The Kier molecular flexibility index (Phi) is 3.57. The summed E-state index contributed by atoms with van der Waals surface area (Å²) in [4.78, 5) is 20.5. The van der Waals surface area contributed by atoms with Gasteiger partial charge in [-0.1, -0.05) is 23.8 Å². The fourth-order valence-electron chi connectivity index (χ4n) is 3.06. The summed E-state index contributed by atoms with van der Waals surface area (Å²) in [5.74, 6) is 0.835. The summed E-state index contributed by atoms with van der Waals surface area (Å²) in [6, 6.07) is 13.5. The van der Waals surface area contributed by atoms with Gasteiger partial charge >= 0.3 is 0 Å². The molecule has 25 heavy (non-hydrogen) atoms. The molecule has 0 aliphatic rings. The monoisotopic (exact) mass is 333 g/mol. The van der Waals surface area contributed by atoms with Gasteiger partial charge in [0.1, 0.15) is 11.4 Å². The van der Waals surface area contributed by atoms with Gasteiger partial charge in [0.25, 0.3) is 5.91 Å². The second kappa shape index (κ2) is 5.77. The van der Waals surface area contributed by atoms with Gasteiger partial charge in [0, 0.05) is 10.9 Å². The standard InChI is InChI=1S/C20H19N3O2/c1-11-8-9-17-14(10-11)12(2)18(25-17)20(24)21-13(3)19-22-15-6-4-5-7-16(15)23-19/h4-10,13H,1-3H3,(H,21,24)(H,22,23)/t13-/m1/s1. The van der Waals surface area contributed by atoms with Crippen molar-refractivity contribution in [3.05, 3.63) is 65.2 Å². The number of amides is 1. The predicted octanol–water partition coefficient (Wildman–Crippen LogP) is 4.42. The van der Waals surface area contributed by atoms with Gasteiger partial charge < -0.3 is 14.7 Å². The summed E-state index contributed by atoms with van der Waals surface area (Å²) >= 11 is 0. The smallest absolute Gasteiger partial charge is 0.287 e. The van der Waals surface area contributed by atoms with Crippen LogP contribution in [-0.4, -0.2) is 15.9 Å². The van der Waals surface area contributed by atoms with E-state index in [1.54, 1.807) is 0 Å². The number of H-pyrrole nitrogens is 1. The Hall–Kier alpha value is -3.08. The average molecular weight is 333 g/mol. The quantitative estimate of drug-likeness (QED) is 0.583. The summed E-state index contributed by atoms with van der Waals surface area (Å²) in [5, 5.41) is 3.94. The third-order valence-corrected chi connectivity index (χ3v) is 4.46. The Morgan fingerprint density at radius 2 is 2.00 bits per heavy atom. The number of rotatable bonds is 3. The molecule has 0 unspecified atom stereocenters. The zero-order chi connectivity index (χ0) is 17.6. The molecular weight excluding hydrogens is 314 g/mol. The molecule has 0 saturated carbocycles. The second-order valence-electron chi connectivity index (χ2n) is 6.39. The van der Waals surface area contributed by atoms with Crippen molar-refractivity contribution in [3.8, 4) is 0 Å². The minimum absolute atomic E-state index is 0.237. The van der Waals surface area contributed by atoms with E-state index in [1.807, 2.05) is 63.2 Å². The zero-order valence-electron chi connectivity index (χ0n) is 14.4. The first-order chi connectivity index (χ1) is 12.0. The molecule has 5 heteroatoms. The van der Waals surface area contributed by atoms with Crippen molar-refractivity contribution in [3.63, 3.8) is 0 Å². The van der Waals surface area contributed by atoms with Crippen LogP contribution in [0.25, 0.3) is 22.0 Å². The van der Waals surface area contributed by atoms with Crippen LogP contribution >= 0.6 is 0 Å². The van der Waals surface area contributed by atoms with Gasteiger partial charge in [-0.25, -0.2) is 4.98 Å². The lowest BCUT2D eigenvalue weighted by molar-refractivity contribution is 0.0911. The maximum absolute atomic E-state index is 12.7. The molecule has 4 aromatic rings. The van der Waals surface area contributed by atoms with Crippen LogP contribution < -0.4 is 5.32 Å². The van der Waals surface area contributed by atoms with Crippen molar-refractivity contribution in [2.45, 2.75) is 26.8 Å². The number of nitrogens with zero attached hydrogens (tertiary/aromatic N) is 1. The topological polar surface area (TPSA) is 70.9 Å². The minimum atomic E-state index is -0.255. The van der Waals surface area contributed by atoms with E-state index in [1.165, 1.54) is 0 Å². The largest absolute Gasteiger partial charge is 0.451 e. The molecule has 0 bridgehead atoms. The Morgan fingerprint density at radius 1 is 1.20 bits per heavy atom. The van der Waals surface area contributed by atoms with Gasteiger partial charge in [0.05, 0.1) is 17.1 Å². The number of para-hydroxylation sites is 2. The van der Waals surface area contributed by atoms with Gasteiger partial charge in [0.15, 0.2) is 5.76 Å². The Bertz CT molecular complexity index is 1060. The fraction of sp³-hybridized carbons (Fsp3) is 0.200. The molecule has 4 rings (SSSR count). The molecular formula is C20H19N3O2. The first-order valence-corrected chi connectivity index (χ1v) is 8.28. The number of furan rings is 1. The summed E-state index contributed by atoms with van der Waals surface area (Å²) in [6.45, 7) is 5.83. The van der Waals surface area contributed by atoms with E-state index in [-0.39, 0.29) is 11.9 Å². The van der Waals surface area contributed by atoms with Crippen LogP contribution in [0.3, 0.4) is 0 Å². The van der Waals surface area contributed by atoms with E-state index in [0.29, 0.717) is 5.76 Å². The highest BCUT2D eigenvalue weighted by molar-refractivity contribution is 5.99. The van der Waals surface area contributed by atoms with Crippen LogP contribution in [0, 0.1) is 13.8 Å². The Labute approximate surface area is 145 Å². The summed E-state index contributed by atoms with van der Waals surface area (Å²) in [5.41, 5.74) is 4.56. The molecule has 2 aromatic carbocycles. The average Bonchev–Trinajstić information content (AvgIpc) is 3.17. The number of aromatic nitrogens is 2. The highest BCUT2D eigenvalue weighted by Crippen LogP contribution is 2.26. The van der Waals surface area contributed by atoms with Crippen molar-refractivity contribution in [1.82, 2.24) is 15.3 Å². The van der Waals surface area contributed by atoms with Crippen molar-refractivity contribution >= 4 is 27.9 Å². The van der Waals surface area contributed by atoms with Crippen LogP contribution in [0.1, 0.15) is 40.5 Å². The fourth-order valence-corrected chi connectivity index (χ4v) is 3.06. The molecule has 1 atom stereocenters. The van der Waals surface area contributed by atoms with Crippen molar-refractivity contribution < 1.29 is 9.21 Å². The number of hydrogen-bond acceptors (Lipinski definition) is 3. The number of benzene rings is 2. The van der Waals surface area contributed by atoms with Crippen molar-refractivity contribution in [2.75, 3.05) is 0 Å². The predicted molar refractivity (Wildman–Crippen MR) is 97.7 cm³/mol. The maximum atomic E-state index is 12.7. The third-order valence-electron chi connectivity index (χ3n) is 4.46. The van der Waals surface area contributed by atoms with Crippen LogP contribution in [0.2, 0.25) is 0 Å². The molecule has 0 saturated heterocycles. The molecule has 0 fully saturated rings. The van der Waals surface area contributed by atoms with E-state index in [2.05, 4.69) is 15.3 Å². The zero-order valence-corrected chi connectivity index (χ0v) is 14.4. The lowest BCUT2D eigenvalue weighted by Crippen LogP contribution is -2.27. The number of hydrogen-bond donors (Lipinski definition) is 2. The normalized spacial score (nSPS) is 12.6. The number of imidazole rings is 1. The molecule has 2 N–H and O–H groups in total. The molecule has 5 nitrogen and oxygen atoms in total. The number of nitrogens with one attached hydrogen (secondary N) is 2. The van der Waals surface area contributed by atoms with E-state index in [4.69, 9.17) is 4.42 Å². The minimum Gasteiger partial charge on any atom is -0.451 e. The Balaban J connectivity index is 1.62. The highest BCUT2D eigenvalue weighted by atomic mass is 16.3. The number of aryl methyl sites for hydroxylation is 2. The molecule has 1 amide bonds. The molecule has 2 aromatic heterocycles. The Morgan fingerprint density at radius 3 is 2.80 bits per heavy atom. The number of carbonyl (C=O) groups is 1. The second-order valence-corrected chi connectivity index (χ2v) is 6.39. The van der Waals surface area contributed by atoms with Crippen LogP contribution in [0.4, 0.5) is 0 Å². The van der Waals surface area contributed by atoms with Crippen molar-refractivity contribution in [2.24, 2.45) is 0 Å². The van der Waals surface area contributed by atoms with Crippen LogP contribution in [-0.2, 0) is 0 Å². The SMILES string of the molecule is Cc1ccc2oc(C(=O)N[C@H](C)c3nc4ccccc4[nH]3)c(C)c2c1. The number of fused-ring (bicyclic) bond motifs is 2. The van der Waals surface area contributed by atoms with Crippen LogP contribution in [0.15, 0.2) is 46.9 Å². The summed E-state index contributed by atoms with van der Waals surface area (Å²) in [7, 11) is 0. The first kappa shape index (κ1) is 15.4. The molecule has 2 heterocycles. The van der Waals surface area contributed by atoms with Gasteiger partial charge in [-0.05, 0) is 45.0 Å². The summed E-state index contributed by atoms with van der Waals surface area (Å²) < 4.78 is 5.77. The van der Waals surface area contributed by atoms with Gasteiger partial charge in [-0.2, -0.15) is 0 Å². The van der Waals surface area contributed by atoms with E-state index >= 15 is 0 Å². The van der Waals surface area contributed by atoms with E-state index < -0.39 is 0 Å². The van der Waals surface area contributed by atoms with Gasteiger partial charge in [-0.3, -0.25) is 4.79 Å². The van der Waals surface area contributed by atoms with Gasteiger partial charge in [0.2, 0.25) is 0 Å². The molecule has 0 spiro atoms. The lowest BCUT2D eigenvalue weighted by Gasteiger charge is -2.10. The number of carbonyl (C=O) groups excluding carboxylic acids is 1. The third kappa shape index (κ3) is 2.67. The maximum Gasteiger partial charge on any atom is 0.287 e. The van der Waals surface area contributed by atoms with Gasteiger partial charge in [-0.15, -0.1) is 0 Å². The molecule has 0 aliphatic carbocycles. The molecule has 0 aliphatic heterocycles. The van der Waals surface area contributed by atoms with Crippen molar-refractivity contribution in [1.29, 1.82) is 0 Å². The molecule has 0 radical (unpaired) electrons.